The van der Waals surface area contributed by atoms with E-state index in [0.717, 1.165) is 38.5 Å². The van der Waals surface area contributed by atoms with Gasteiger partial charge in [-0.1, -0.05) is 27.7 Å². The number of hydrogen-bond acceptors (Lipinski definition) is 3. The fourth-order valence-corrected chi connectivity index (χ4v) is 8.50. The van der Waals surface area contributed by atoms with Crippen LogP contribution in [0.1, 0.15) is 89.1 Å². The number of aromatic hydroxyl groups is 1. The van der Waals surface area contributed by atoms with Gasteiger partial charge in [0.05, 0.1) is 11.0 Å². The van der Waals surface area contributed by atoms with Crippen molar-refractivity contribution in [2.75, 3.05) is 0 Å². The molecular formula is C27H38O5. The second-order valence-corrected chi connectivity index (χ2v) is 12.0. The smallest absolute Gasteiger partial charge is 0.335 e. The number of carbonyl (C=O) groups is 2. The quantitative estimate of drug-likeness (QED) is 0.532. The van der Waals surface area contributed by atoms with Gasteiger partial charge in [0.2, 0.25) is 0 Å². The van der Waals surface area contributed by atoms with Gasteiger partial charge in [-0.3, -0.25) is 4.79 Å². The lowest BCUT2D eigenvalue weighted by molar-refractivity contribution is -0.179. The van der Waals surface area contributed by atoms with Crippen LogP contribution in [-0.2, 0) is 11.2 Å². The average Bonchev–Trinajstić information content (AvgIpc) is 3.00. The van der Waals surface area contributed by atoms with Crippen molar-refractivity contribution in [3.63, 3.8) is 0 Å². The van der Waals surface area contributed by atoms with Crippen LogP contribution in [0.25, 0.3) is 0 Å². The van der Waals surface area contributed by atoms with Gasteiger partial charge in [-0.2, -0.15) is 0 Å². The van der Waals surface area contributed by atoms with Crippen LogP contribution in [0.5, 0.6) is 5.75 Å². The summed E-state index contributed by atoms with van der Waals surface area (Å²) < 4.78 is 0. The number of carboxylic acids is 2. The number of aromatic carboxylic acids is 1. The molecule has 4 rings (SSSR count). The van der Waals surface area contributed by atoms with Crippen LogP contribution in [0.3, 0.4) is 0 Å². The van der Waals surface area contributed by atoms with Crippen molar-refractivity contribution in [3.05, 3.63) is 29.3 Å². The summed E-state index contributed by atoms with van der Waals surface area (Å²) in [5.74, 6) is -0.278. The second kappa shape index (κ2) is 7.23. The van der Waals surface area contributed by atoms with Gasteiger partial charge >= 0.3 is 11.9 Å². The van der Waals surface area contributed by atoms with Gasteiger partial charge in [-0.15, -0.1) is 0 Å². The topological polar surface area (TPSA) is 94.8 Å². The third-order valence-electron chi connectivity index (χ3n) is 10.9. The molecule has 0 unspecified atom stereocenters. The lowest BCUT2D eigenvalue weighted by atomic mass is 9.39. The Morgan fingerprint density at radius 2 is 1.62 bits per heavy atom. The van der Waals surface area contributed by atoms with Crippen LogP contribution in [0.4, 0.5) is 0 Å². The number of carboxylic acid groups (broad SMARTS) is 2. The van der Waals surface area contributed by atoms with E-state index in [9.17, 15) is 24.9 Å². The SMILES string of the molecule is C[C@H]1CC[C@@]2(C)[C@@H](CC[C@]3(C)[C@@H]2CC[C@@]3(C)C(=O)O)[C@]1(C)Cc1cc(C(=O)O)ccc1O. The van der Waals surface area contributed by atoms with E-state index in [-0.39, 0.29) is 27.6 Å². The van der Waals surface area contributed by atoms with Gasteiger partial charge in [0, 0.05) is 0 Å². The lowest BCUT2D eigenvalue weighted by Gasteiger charge is -2.65. The van der Waals surface area contributed by atoms with Gasteiger partial charge in [0.1, 0.15) is 5.75 Å². The Labute approximate surface area is 191 Å². The molecule has 0 spiro atoms. The molecule has 5 heteroatoms. The van der Waals surface area contributed by atoms with Crippen LogP contribution < -0.4 is 0 Å². The summed E-state index contributed by atoms with van der Waals surface area (Å²) in [5.41, 5.74) is -0.0292. The van der Waals surface area contributed by atoms with Crippen molar-refractivity contribution in [1.82, 2.24) is 0 Å². The first-order valence-corrected chi connectivity index (χ1v) is 12.1. The first kappa shape index (κ1) is 23.1. The molecule has 1 aromatic carbocycles. The van der Waals surface area contributed by atoms with Gasteiger partial charge in [0.15, 0.2) is 0 Å². The number of hydrogen-bond donors (Lipinski definition) is 3. The molecule has 5 nitrogen and oxygen atoms in total. The molecule has 0 bridgehead atoms. The summed E-state index contributed by atoms with van der Waals surface area (Å²) in [7, 11) is 0. The predicted octanol–water partition coefficient (Wildman–Crippen LogP) is 5.99. The molecule has 3 fully saturated rings. The average molecular weight is 443 g/mol. The fourth-order valence-electron chi connectivity index (χ4n) is 8.50. The molecule has 0 aliphatic heterocycles. The molecular weight excluding hydrogens is 404 g/mol. The van der Waals surface area contributed by atoms with E-state index in [0.29, 0.717) is 29.7 Å². The van der Waals surface area contributed by atoms with Crippen molar-refractivity contribution < 1.29 is 24.9 Å². The molecule has 32 heavy (non-hydrogen) atoms. The zero-order chi connectivity index (χ0) is 23.7. The highest BCUT2D eigenvalue weighted by Gasteiger charge is 2.68. The zero-order valence-electron chi connectivity index (χ0n) is 20.1. The Balaban J connectivity index is 1.73. The standard InChI is InChI=1S/C27H38O5/c1-16-8-11-24(2)20(9-12-26(4)21(24)10-13-27(26,5)23(31)32)25(16,3)15-18-14-17(22(29)30)6-7-19(18)28/h6-7,14,16,20-21,28H,8-13,15H2,1-5H3,(H,29,30)(H,31,32)/t16-,20+,21+,24-,25+,26+,27-/m0/s1. The van der Waals surface area contributed by atoms with Crippen molar-refractivity contribution in [2.45, 2.75) is 79.6 Å². The van der Waals surface area contributed by atoms with Gasteiger partial charge in [0.25, 0.3) is 0 Å². The van der Waals surface area contributed by atoms with E-state index in [4.69, 9.17) is 0 Å². The summed E-state index contributed by atoms with van der Waals surface area (Å²) in [6.07, 6.45) is 6.39. The number of fused-ring (bicyclic) bond motifs is 3. The summed E-state index contributed by atoms with van der Waals surface area (Å²) in [5, 5.41) is 30.1. The summed E-state index contributed by atoms with van der Waals surface area (Å²) >= 11 is 0. The molecule has 1 aromatic rings. The Hall–Kier alpha value is -2.04. The van der Waals surface area contributed by atoms with E-state index in [2.05, 4.69) is 27.7 Å². The Kier molecular flexibility index (Phi) is 5.23. The normalized spacial score (nSPS) is 43.3. The molecule has 176 valence electrons. The Bertz CT molecular complexity index is 955. The lowest BCUT2D eigenvalue weighted by Crippen LogP contribution is -2.59. The van der Waals surface area contributed by atoms with Crippen LogP contribution in [-0.4, -0.2) is 27.3 Å². The molecule has 3 saturated carbocycles. The fraction of sp³-hybridized carbons (Fsp3) is 0.704. The minimum absolute atomic E-state index is 0.0432. The molecule has 3 aliphatic rings. The maximum Gasteiger partial charge on any atom is 0.335 e. The minimum atomic E-state index is -0.981. The van der Waals surface area contributed by atoms with Crippen LogP contribution in [0, 0.1) is 39.4 Å². The van der Waals surface area contributed by atoms with E-state index in [1.54, 1.807) is 6.07 Å². The third kappa shape index (κ3) is 2.95. The number of benzene rings is 1. The Morgan fingerprint density at radius 3 is 2.25 bits per heavy atom. The van der Waals surface area contributed by atoms with Gasteiger partial charge in [-0.05, 0) is 110 Å². The maximum absolute atomic E-state index is 12.3. The highest BCUT2D eigenvalue weighted by Crippen LogP contribution is 2.73. The number of phenols is 1. The monoisotopic (exact) mass is 442 g/mol. The first-order chi connectivity index (χ1) is 14.8. The second-order valence-electron chi connectivity index (χ2n) is 12.0. The van der Waals surface area contributed by atoms with Gasteiger partial charge < -0.3 is 15.3 Å². The largest absolute Gasteiger partial charge is 0.508 e. The van der Waals surface area contributed by atoms with Crippen molar-refractivity contribution in [1.29, 1.82) is 0 Å². The predicted molar refractivity (Wildman–Crippen MR) is 123 cm³/mol. The number of phenolic OH excluding ortho intramolecular Hbond substituents is 1. The van der Waals surface area contributed by atoms with Crippen molar-refractivity contribution >= 4 is 11.9 Å². The van der Waals surface area contributed by atoms with Gasteiger partial charge in [-0.25, -0.2) is 4.79 Å². The van der Waals surface area contributed by atoms with Crippen molar-refractivity contribution in [3.8, 4) is 5.75 Å². The molecule has 0 radical (unpaired) electrons. The maximum atomic E-state index is 12.3. The summed E-state index contributed by atoms with van der Waals surface area (Å²) in [6.45, 7) is 11.2. The van der Waals surface area contributed by atoms with E-state index < -0.39 is 17.4 Å². The molecule has 3 N–H and O–H groups in total. The van der Waals surface area contributed by atoms with Crippen LogP contribution >= 0.6 is 0 Å². The molecule has 0 saturated heterocycles. The number of rotatable bonds is 4. The molecule has 0 amide bonds. The zero-order valence-corrected chi connectivity index (χ0v) is 20.1. The number of aliphatic carboxylic acids is 1. The highest BCUT2D eigenvalue weighted by atomic mass is 16.4. The van der Waals surface area contributed by atoms with E-state index >= 15 is 0 Å². The van der Waals surface area contributed by atoms with E-state index in [1.165, 1.54) is 12.1 Å². The summed E-state index contributed by atoms with van der Waals surface area (Å²) in [6, 6.07) is 4.59. The highest BCUT2D eigenvalue weighted by molar-refractivity contribution is 5.88. The molecule has 3 aliphatic carbocycles. The third-order valence-corrected chi connectivity index (χ3v) is 10.9. The molecule has 0 aromatic heterocycles. The van der Waals surface area contributed by atoms with Crippen LogP contribution in [0.15, 0.2) is 18.2 Å². The minimum Gasteiger partial charge on any atom is -0.508 e. The van der Waals surface area contributed by atoms with Crippen LogP contribution in [0.2, 0.25) is 0 Å². The Morgan fingerprint density at radius 1 is 0.969 bits per heavy atom. The first-order valence-electron chi connectivity index (χ1n) is 12.1. The summed E-state index contributed by atoms with van der Waals surface area (Å²) in [4.78, 5) is 23.8. The van der Waals surface area contributed by atoms with Crippen molar-refractivity contribution in [2.24, 2.45) is 39.4 Å². The molecule has 0 heterocycles. The van der Waals surface area contributed by atoms with E-state index in [1.807, 2.05) is 6.92 Å². The molecule has 7 atom stereocenters.